The first-order valence-corrected chi connectivity index (χ1v) is 34.8. The number of thioether (sulfide) groups is 2. The van der Waals surface area contributed by atoms with E-state index in [0.29, 0.717) is 76.1 Å². The molecule has 5 saturated heterocycles. The number of nitrogens with zero attached hydrogens (tertiary/aromatic N) is 2. The Kier molecular flexibility index (Phi) is 29.9. The number of rotatable bonds is 42. The number of aryl methyl sites for hydroxylation is 1. The number of benzene rings is 1. The van der Waals surface area contributed by atoms with Crippen LogP contribution in [0.2, 0.25) is 0 Å². The van der Waals surface area contributed by atoms with Crippen LogP contribution >= 0.6 is 34.9 Å². The molecule has 0 bridgehead atoms. The standard InChI is InChI=1S/C62H98N10O15S3/c1-40(42-15-17-43(18-16-42)55-41(2)65-39-90-55)66-57(77)47-31-44(73)32-72(47)58(78)56(61(3,4)5)69-52(76)33-87-38-62(6,36-85-29-27-83-25-23-81-21-19-63-50(74)13-9-7-11-48-53-45(34-88-48)67-59(79)70-53)37-86-30-28-84-26-24-82-22-20-64-51(75)14-10-8-12-49-54-46(35-89-49)68-60(80)71-54/h15-18,39-40,44-49,53-54,56,73H,7-14,19-38H2,1-6H3,(H,63,74)(H,64,75)(H,66,77)(H,69,76)(H2,67,70,79)(H2,68,71,80)/t40-,44+,45-,46-,47-,48-,49-,53-,54-,56+/m0/s1. The summed E-state index contributed by atoms with van der Waals surface area (Å²) in [6.07, 6.45) is 5.33. The van der Waals surface area contributed by atoms with Crippen LogP contribution in [0.15, 0.2) is 29.8 Å². The fourth-order valence-electron chi connectivity index (χ4n) is 11.5. The molecule has 504 valence electrons. The van der Waals surface area contributed by atoms with Crippen LogP contribution in [0.1, 0.15) is 110 Å². The Bertz CT molecular complexity index is 2520. The largest absolute Gasteiger partial charge is 0.391 e. The zero-order chi connectivity index (χ0) is 64.5. The van der Waals surface area contributed by atoms with E-state index in [-0.39, 0.29) is 114 Å². The number of hydrogen-bond acceptors (Lipinski definition) is 19. The average molecular weight is 1320 g/mol. The van der Waals surface area contributed by atoms with Gasteiger partial charge >= 0.3 is 12.1 Å². The van der Waals surface area contributed by atoms with Crippen molar-refractivity contribution in [2.75, 3.05) is 124 Å². The number of carbonyl (C=O) groups is 7. The second kappa shape index (κ2) is 37.1. The Labute approximate surface area is 542 Å². The molecule has 9 N–H and O–H groups in total. The van der Waals surface area contributed by atoms with E-state index < -0.39 is 52.8 Å². The van der Waals surface area contributed by atoms with Crippen molar-refractivity contribution in [3.63, 3.8) is 0 Å². The second-order valence-electron chi connectivity index (χ2n) is 25.2. The molecule has 2 aromatic rings. The quantitative estimate of drug-likeness (QED) is 0.0339. The minimum absolute atomic E-state index is 0.0153. The third-order valence-corrected chi connectivity index (χ3v) is 20.4. The first-order valence-electron chi connectivity index (χ1n) is 31.8. The van der Waals surface area contributed by atoms with Gasteiger partial charge in [0, 0.05) is 66.3 Å². The Hall–Kier alpha value is -4.88. The van der Waals surface area contributed by atoms with Crippen LogP contribution in [-0.4, -0.2) is 233 Å². The number of fused-ring (bicyclic) bond motifs is 2. The predicted octanol–water partition coefficient (Wildman–Crippen LogP) is 3.59. The van der Waals surface area contributed by atoms with E-state index in [9.17, 15) is 38.7 Å². The van der Waals surface area contributed by atoms with E-state index >= 15 is 0 Å². The molecule has 0 spiro atoms. The molecule has 0 saturated carbocycles. The van der Waals surface area contributed by atoms with Crippen molar-refractivity contribution in [2.24, 2.45) is 10.8 Å². The number of aliphatic hydroxyl groups excluding tert-OH is 1. The highest BCUT2D eigenvalue weighted by atomic mass is 32.2. The molecule has 7 rings (SSSR count). The molecule has 1 aromatic carbocycles. The summed E-state index contributed by atoms with van der Waals surface area (Å²) in [6.45, 7) is 15.1. The normalized spacial score (nSPS) is 22.7. The lowest BCUT2D eigenvalue weighted by Crippen LogP contribution is -2.58. The van der Waals surface area contributed by atoms with Crippen molar-refractivity contribution in [3.05, 3.63) is 41.0 Å². The minimum Gasteiger partial charge on any atom is -0.391 e. The first kappa shape index (κ1) is 72.5. The van der Waals surface area contributed by atoms with Crippen molar-refractivity contribution in [3.8, 4) is 10.4 Å². The van der Waals surface area contributed by atoms with E-state index in [1.54, 1.807) is 11.3 Å². The van der Waals surface area contributed by atoms with Gasteiger partial charge in [0.2, 0.25) is 29.5 Å². The van der Waals surface area contributed by atoms with Crippen LogP contribution in [-0.2, 0) is 57.1 Å². The molecule has 0 aliphatic carbocycles. The summed E-state index contributed by atoms with van der Waals surface area (Å²) in [4.78, 5) is 96.8. The maximum absolute atomic E-state index is 14.4. The Balaban J connectivity index is 0.782. The van der Waals surface area contributed by atoms with Gasteiger partial charge in [0.1, 0.15) is 18.7 Å². The summed E-state index contributed by atoms with van der Waals surface area (Å²) in [5.74, 6) is 0.374. The molecule has 28 heteroatoms. The summed E-state index contributed by atoms with van der Waals surface area (Å²) in [5, 5.41) is 35.2. The zero-order valence-electron chi connectivity index (χ0n) is 53.2. The fourth-order valence-corrected chi connectivity index (χ4v) is 15.4. The number of aliphatic hydroxyl groups is 1. The van der Waals surface area contributed by atoms with E-state index in [1.165, 1.54) is 4.90 Å². The topological polar surface area (TPSA) is 317 Å². The SMILES string of the molecule is Cc1ncsc1-c1ccc([C@H](C)NC(=O)[C@@H]2C[C@@H](O)CN2C(=O)[C@@H](NC(=O)COCC(C)(COCCOCCOCCNC(=O)CCCC[C@@H]2SC[C@@H]3NC(=O)N[C@@H]32)COCCOCCOCCNC(=O)CCCC[C@@H]2SC[C@@H]3NC(=O)N[C@@H]32)C(C)(C)C)cc1. The number of nitrogens with one attached hydrogen (secondary N) is 8. The maximum Gasteiger partial charge on any atom is 0.315 e. The number of thiazole rings is 1. The Morgan fingerprint density at radius 2 is 1.17 bits per heavy atom. The van der Waals surface area contributed by atoms with Gasteiger partial charge in [0.05, 0.1) is 138 Å². The van der Waals surface area contributed by atoms with E-state index in [1.807, 2.05) is 94.8 Å². The smallest absolute Gasteiger partial charge is 0.315 e. The molecule has 5 fully saturated rings. The van der Waals surface area contributed by atoms with Crippen LogP contribution < -0.4 is 42.5 Å². The van der Waals surface area contributed by atoms with Crippen LogP contribution in [0, 0.1) is 17.8 Å². The molecule has 0 unspecified atom stereocenters. The van der Waals surface area contributed by atoms with E-state index in [4.69, 9.17) is 33.2 Å². The lowest BCUT2D eigenvalue weighted by atomic mass is 9.85. The van der Waals surface area contributed by atoms with Gasteiger partial charge < -0.3 is 85.7 Å². The lowest BCUT2D eigenvalue weighted by molar-refractivity contribution is -0.145. The summed E-state index contributed by atoms with van der Waals surface area (Å²) in [6, 6.07) is 6.04. The van der Waals surface area contributed by atoms with Gasteiger partial charge in [0.15, 0.2) is 0 Å². The highest BCUT2D eigenvalue weighted by Gasteiger charge is 2.46. The summed E-state index contributed by atoms with van der Waals surface area (Å²) < 4.78 is 40.9. The van der Waals surface area contributed by atoms with E-state index in [2.05, 4.69) is 47.5 Å². The molecule has 6 heterocycles. The maximum atomic E-state index is 14.4. The van der Waals surface area contributed by atoms with Crippen LogP contribution in [0.3, 0.4) is 0 Å². The van der Waals surface area contributed by atoms with Gasteiger partial charge in [-0.05, 0) is 56.1 Å². The highest BCUT2D eigenvalue weighted by Crippen LogP contribution is 2.35. The van der Waals surface area contributed by atoms with Crippen LogP contribution in [0.5, 0.6) is 0 Å². The summed E-state index contributed by atoms with van der Waals surface area (Å²) in [7, 11) is 0. The Morgan fingerprint density at radius 3 is 1.67 bits per heavy atom. The van der Waals surface area contributed by atoms with Gasteiger partial charge in [-0.3, -0.25) is 24.0 Å². The molecule has 9 amide bonds. The molecule has 10 atom stereocenters. The van der Waals surface area contributed by atoms with Gasteiger partial charge in [-0.2, -0.15) is 23.5 Å². The predicted molar refractivity (Wildman–Crippen MR) is 344 cm³/mol. The number of amides is 9. The van der Waals surface area contributed by atoms with Crippen molar-refractivity contribution in [1.29, 1.82) is 0 Å². The number of unbranched alkanes of at least 4 members (excludes halogenated alkanes) is 2. The third-order valence-electron chi connectivity index (χ3n) is 16.4. The number of carbonyl (C=O) groups excluding carboxylic acids is 7. The highest BCUT2D eigenvalue weighted by molar-refractivity contribution is 8.00. The molecular weight excluding hydrogens is 1220 g/mol. The van der Waals surface area contributed by atoms with Crippen molar-refractivity contribution < 1.29 is 71.8 Å². The fraction of sp³-hybridized carbons (Fsp3) is 0.742. The molecule has 25 nitrogen and oxygen atoms in total. The number of β-amino-alcohol motifs (C(OH)–C–C–N with tert-alkyl or cyclic N) is 1. The minimum atomic E-state index is -1.05. The molecule has 1 aromatic heterocycles. The number of likely N-dealkylation sites (tertiary alicyclic amines) is 1. The summed E-state index contributed by atoms with van der Waals surface area (Å²) in [5.41, 5.74) is 3.14. The Morgan fingerprint density at radius 1 is 0.667 bits per heavy atom. The van der Waals surface area contributed by atoms with Gasteiger partial charge in [-0.15, -0.1) is 11.3 Å². The van der Waals surface area contributed by atoms with Gasteiger partial charge in [0.25, 0.3) is 0 Å². The molecular formula is C62H98N10O15S3. The van der Waals surface area contributed by atoms with Crippen LogP contribution in [0.25, 0.3) is 10.4 Å². The van der Waals surface area contributed by atoms with Gasteiger partial charge in [-0.1, -0.05) is 64.8 Å². The van der Waals surface area contributed by atoms with Crippen LogP contribution in [0.4, 0.5) is 9.59 Å². The molecule has 5 aliphatic heterocycles. The summed E-state index contributed by atoms with van der Waals surface area (Å²) >= 11 is 5.31. The van der Waals surface area contributed by atoms with E-state index in [0.717, 1.165) is 71.7 Å². The number of ether oxygens (including phenoxy) is 7. The van der Waals surface area contributed by atoms with Crippen molar-refractivity contribution in [1.82, 2.24) is 52.4 Å². The number of aromatic nitrogens is 1. The van der Waals surface area contributed by atoms with Crippen molar-refractivity contribution >= 4 is 76.5 Å². The van der Waals surface area contributed by atoms with Gasteiger partial charge in [-0.25, -0.2) is 14.6 Å². The molecule has 90 heavy (non-hydrogen) atoms. The first-order chi connectivity index (χ1) is 43.3. The average Bonchev–Trinajstić information content (AvgIpc) is 1.83. The third kappa shape index (κ3) is 23.6. The molecule has 5 aliphatic rings. The van der Waals surface area contributed by atoms with Crippen molar-refractivity contribution in [2.45, 2.75) is 158 Å². The second-order valence-corrected chi connectivity index (χ2v) is 28.6. The molecule has 0 radical (unpaired) electrons. The number of hydrogen-bond donors (Lipinski definition) is 9. The number of urea groups is 2. The lowest BCUT2D eigenvalue weighted by Gasteiger charge is -2.35. The monoisotopic (exact) mass is 1320 g/mol. The zero-order valence-corrected chi connectivity index (χ0v) is 55.7.